The Hall–Kier alpha value is -1.28. The number of benzene rings is 1. The van der Waals surface area contributed by atoms with E-state index in [1.54, 1.807) is 0 Å². The molecule has 0 amide bonds. The van der Waals surface area contributed by atoms with Crippen LogP contribution >= 0.6 is 0 Å². The quantitative estimate of drug-likeness (QED) is 0.663. The van der Waals surface area contributed by atoms with Crippen LogP contribution in [0.3, 0.4) is 0 Å². The van der Waals surface area contributed by atoms with Crippen LogP contribution in [0.4, 0.5) is 13.2 Å². The van der Waals surface area contributed by atoms with Crippen molar-refractivity contribution < 1.29 is 25.8 Å². The lowest BCUT2D eigenvalue weighted by Gasteiger charge is -2.09. The SMILES string of the molecule is NCCc1ccc(OS(=O)(=O)C(F)(F)F)cc1. The molecule has 0 aromatic heterocycles. The molecule has 0 spiro atoms. The van der Waals surface area contributed by atoms with Gasteiger partial charge in [0, 0.05) is 0 Å². The maximum absolute atomic E-state index is 12.0. The fraction of sp³-hybridized carbons (Fsp3) is 0.333. The summed E-state index contributed by atoms with van der Waals surface area (Å²) in [5, 5.41) is 0. The zero-order chi connectivity index (χ0) is 13.1. The highest BCUT2D eigenvalue weighted by Gasteiger charge is 2.48. The Morgan fingerprint density at radius 2 is 1.71 bits per heavy atom. The minimum Gasteiger partial charge on any atom is -0.376 e. The molecule has 0 saturated heterocycles. The van der Waals surface area contributed by atoms with Crippen molar-refractivity contribution in [3.8, 4) is 5.75 Å². The van der Waals surface area contributed by atoms with E-state index in [0.29, 0.717) is 13.0 Å². The predicted molar refractivity (Wildman–Crippen MR) is 54.8 cm³/mol. The molecule has 0 aliphatic carbocycles. The van der Waals surface area contributed by atoms with Crippen LogP contribution < -0.4 is 9.92 Å². The summed E-state index contributed by atoms with van der Waals surface area (Å²) in [6, 6.07) is 5.20. The van der Waals surface area contributed by atoms with E-state index in [4.69, 9.17) is 5.73 Å². The molecule has 0 bridgehead atoms. The van der Waals surface area contributed by atoms with Crippen LogP contribution in [-0.4, -0.2) is 20.5 Å². The number of hydrogen-bond acceptors (Lipinski definition) is 4. The average molecular weight is 269 g/mol. The summed E-state index contributed by atoms with van der Waals surface area (Å²) in [7, 11) is -5.60. The molecule has 0 saturated carbocycles. The first kappa shape index (κ1) is 13.8. The molecule has 4 nitrogen and oxygen atoms in total. The van der Waals surface area contributed by atoms with Crippen LogP contribution in [0.5, 0.6) is 5.75 Å². The largest absolute Gasteiger partial charge is 0.534 e. The number of hydrogen-bond donors (Lipinski definition) is 1. The van der Waals surface area contributed by atoms with Gasteiger partial charge in [0.15, 0.2) is 0 Å². The van der Waals surface area contributed by atoms with Gasteiger partial charge in [-0.15, -0.1) is 0 Å². The van der Waals surface area contributed by atoms with E-state index >= 15 is 0 Å². The maximum atomic E-state index is 12.0. The Labute approximate surface area is 96.3 Å². The molecule has 0 aliphatic heterocycles. The molecule has 0 atom stereocenters. The fourth-order valence-corrected chi connectivity index (χ4v) is 1.51. The highest BCUT2D eigenvalue weighted by atomic mass is 32.2. The minimum atomic E-state index is -5.60. The van der Waals surface area contributed by atoms with Gasteiger partial charge in [-0.2, -0.15) is 21.6 Å². The zero-order valence-corrected chi connectivity index (χ0v) is 9.38. The third-order valence-electron chi connectivity index (χ3n) is 1.85. The molecular formula is C9H10F3NO3S. The Morgan fingerprint density at radius 1 is 1.18 bits per heavy atom. The first-order chi connectivity index (χ1) is 7.76. The summed E-state index contributed by atoms with van der Waals surface area (Å²) in [5.41, 5.74) is 0.636. The molecule has 0 heterocycles. The van der Waals surface area contributed by atoms with Gasteiger partial charge in [0.05, 0.1) is 0 Å². The summed E-state index contributed by atoms with van der Waals surface area (Å²) in [5.74, 6) is -0.386. The van der Waals surface area contributed by atoms with Crippen molar-refractivity contribution in [2.45, 2.75) is 11.9 Å². The van der Waals surface area contributed by atoms with E-state index in [-0.39, 0.29) is 5.75 Å². The molecule has 0 aliphatic rings. The minimum absolute atomic E-state index is 0.386. The van der Waals surface area contributed by atoms with E-state index in [1.807, 2.05) is 0 Å². The highest BCUT2D eigenvalue weighted by Crippen LogP contribution is 2.26. The Bertz CT molecular complexity index is 467. The molecular weight excluding hydrogens is 259 g/mol. The summed E-state index contributed by atoms with van der Waals surface area (Å²) in [6.07, 6.45) is 0.548. The summed E-state index contributed by atoms with van der Waals surface area (Å²) >= 11 is 0. The second-order valence-electron chi connectivity index (χ2n) is 3.17. The third kappa shape index (κ3) is 3.60. The van der Waals surface area contributed by atoms with Crippen molar-refractivity contribution in [3.05, 3.63) is 29.8 Å². The second-order valence-corrected chi connectivity index (χ2v) is 4.70. The van der Waals surface area contributed by atoms with Crippen molar-refractivity contribution in [3.63, 3.8) is 0 Å². The molecule has 1 rings (SSSR count). The summed E-state index contributed by atoms with van der Waals surface area (Å²) in [4.78, 5) is 0. The Kier molecular flexibility index (Phi) is 3.99. The van der Waals surface area contributed by atoms with E-state index in [0.717, 1.165) is 17.7 Å². The van der Waals surface area contributed by atoms with Crippen molar-refractivity contribution in [1.29, 1.82) is 0 Å². The predicted octanol–water partition coefficient (Wildman–Crippen LogP) is 1.42. The topological polar surface area (TPSA) is 69.4 Å². The number of alkyl halides is 3. The lowest BCUT2D eigenvalue weighted by Crippen LogP contribution is -2.28. The van der Waals surface area contributed by atoms with Crippen LogP contribution in [0.1, 0.15) is 5.56 Å². The van der Waals surface area contributed by atoms with E-state index in [1.165, 1.54) is 12.1 Å². The molecule has 0 radical (unpaired) electrons. The van der Waals surface area contributed by atoms with Crippen LogP contribution in [0.25, 0.3) is 0 Å². The monoisotopic (exact) mass is 269 g/mol. The van der Waals surface area contributed by atoms with Crippen LogP contribution in [0, 0.1) is 0 Å². The molecule has 1 aromatic rings. The number of rotatable bonds is 4. The smallest absolute Gasteiger partial charge is 0.376 e. The van der Waals surface area contributed by atoms with Gasteiger partial charge in [-0.25, -0.2) is 0 Å². The summed E-state index contributed by atoms with van der Waals surface area (Å²) in [6.45, 7) is 0.390. The first-order valence-electron chi connectivity index (χ1n) is 4.56. The second kappa shape index (κ2) is 4.92. The van der Waals surface area contributed by atoms with E-state index in [2.05, 4.69) is 4.18 Å². The lowest BCUT2D eigenvalue weighted by atomic mass is 10.1. The standard InChI is InChI=1S/C9H10F3NO3S/c10-9(11,12)17(14,15)16-8-3-1-7(2-4-8)5-6-13/h1-4H,5-6,13H2. The molecule has 17 heavy (non-hydrogen) atoms. The van der Waals surface area contributed by atoms with Gasteiger partial charge in [0.2, 0.25) is 0 Å². The fourth-order valence-electron chi connectivity index (χ4n) is 1.05. The van der Waals surface area contributed by atoms with Gasteiger partial charge in [0.1, 0.15) is 5.75 Å². The van der Waals surface area contributed by atoms with Crippen LogP contribution in [-0.2, 0) is 16.5 Å². The lowest BCUT2D eigenvalue weighted by molar-refractivity contribution is -0.0500. The molecule has 2 N–H and O–H groups in total. The Morgan fingerprint density at radius 3 is 2.12 bits per heavy atom. The van der Waals surface area contributed by atoms with E-state index in [9.17, 15) is 21.6 Å². The normalized spacial score (nSPS) is 12.5. The molecule has 8 heteroatoms. The highest BCUT2D eigenvalue weighted by molar-refractivity contribution is 7.87. The van der Waals surface area contributed by atoms with Crippen molar-refractivity contribution in [2.24, 2.45) is 5.73 Å². The van der Waals surface area contributed by atoms with Gasteiger partial charge < -0.3 is 9.92 Å². The van der Waals surface area contributed by atoms with Gasteiger partial charge in [-0.1, -0.05) is 12.1 Å². The molecule has 1 aromatic carbocycles. The van der Waals surface area contributed by atoms with Crippen molar-refractivity contribution in [2.75, 3.05) is 6.54 Å². The summed E-state index contributed by atoms with van der Waals surface area (Å²) < 4.78 is 61.2. The Balaban J connectivity index is 2.83. The number of halogens is 3. The van der Waals surface area contributed by atoms with Crippen LogP contribution in [0.15, 0.2) is 24.3 Å². The third-order valence-corrected chi connectivity index (χ3v) is 2.82. The average Bonchev–Trinajstić information content (AvgIpc) is 2.19. The number of nitrogens with two attached hydrogens (primary N) is 1. The zero-order valence-electron chi connectivity index (χ0n) is 8.57. The van der Waals surface area contributed by atoms with Crippen LogP contribution in [0.2, 0.25) is 0 Å². The van der Waals surface area contributed by atoms with Crippen molar-refractivity contribution >= 4 is 10.1 Å². The maximum Gasteiger partial charge on any atom is 0.534 e. The molecule has 0 unspecified atom stereocenters. The van der Waals surface area contributed by atoms with E-state index < -0.39 is 15.6 Å². The first-order valence-corrected chi connectivity index (χ1v) is 5.97. The molecule has 96 valence electrons. The van der Waals surface area contributed by atoms with Gasteiger partial charge in [-0.3, -0.25) is 0 Å². The van der Waals surface area contributed by atoms with Gasteiger partial charge >= 0.3 is 15.6 Å². The molecule has 0 fully saturated rings. The van der Waals surface area contributed by atoms with Gasteiger partial charge in [0.25, 0.3) is 0 Å². The van der Waals surface area contributed by atoms with Gasteiger partial charge in [-0.05, 0) is 30.7 Å². The van der Waals surface area contributed by atoms with Crippen molar-refractivity contribution in [1.82, 2.24) is 0 Å².